The van der Waals surface area contributed by atoms with E-state index in [2.05, 4.69) is 14.9 Å². The van der Waals surface area contributed by atoms with Crippen LogP contribution in [0.2, 0.25) is 0 Å². The summed E-state index contributed by atoms with van der Waals surface area (Å²) in [6, 6.07) is 9.95. The molecule has 2 saturated heterocycles. The second-order valence-electron chi connectivity index (χ2n) is 9.36. The molecule has 2 aliphatic heterocycles. The second-order valence-corrected chi connectivity index (χ2v) is 10.3. The number of thiazole rings is 1. The first-order valence-electron chi connectivity index (χ1n) is 12.2. The van der Waals surface area contributed by atoms with Gasteiger partial charge in [0.25, 0.3) is 5.91 Å². The molecule has 2 amide bonds. The predicted octanol–water partition coefficient (Wildman–Crippen LogP) is 4.06. The molecule has 1 aromatic carbocycles. The van der Waals surface area contributed by atoms with Gasteiger partial charge in [-0.25, -0.2) is 9.97 Å². The largest absolute Gasteiger partial charge is 0.433 e. The molecule has 4 aromatic rings. The number of halogens is 3. The van der Waals surface area contributed by atoms with E-state index in [-0.39, 0.29) is 17.9 Å². The van der Waals surface area contributed by atoms with Gasteiger partial charge in [0.2, 0.25) is 5.91 Å². The Kier molecular flexibility index (Phi) is 6.15. The molecule has 12 heteroatoms. The molecule has 2 fully saturated rings. The van der Waals surface area contributed by atoms with Crippen molar-refractivity contribution in [2.75, 3.05) is 37.6 Å². The molecule has 3 aromatic heterocycles. The lowest BCUT2D eigenvalue weighted by Gasteiger charge is -2.37. The van der Waals surface area contributed by atoms with Crippen molar-refractivity contribution in [1.29, 1.82) is 0 Å². The van der Waals surface area contributed by atoms with Crippen molar-refractivity contribution in [2.45, 2.75) is 18.6 Å². The number of carbonyl (C=O) groups is 2. The van der Waals surface area contributed by atoms with Crippen molar-refractivity contribution in [3.63, 3.8) is 0 Å². The molecule has 0 radical (unpaired) electrons. The average molecular weight is 541 g/mol. The Balaban J connectivity index is 1.13. The summed E-state index contributed by atoms with van der Waals surface area (Å²) >= 11 is 1.34. The molecule has 0 N–H and O–H groups in total. The minimum absolute atomic E-state index is 0.0435. The Morgan fingerprint density at radius 2 is 1.79 bits per heavy atom. The van der Waals surface area contributed by atoms with Crippen molar-refractivity contribution in [3.8, 4) is 5.69 Å². The quantitative estimate of drug-likeness (QED) is 0.390. The Labute approximate surface area is 219 Å². The smallest absolute Gasteiger partial charge is 0.334 e. The number of hydrogen-bond acceptors (Lipinski definition) is 6. The number of carbonyl (C=O) groups excluding carboxylic acids is 2. The summed E-state index contributed by atoms with van der Waals surface area (Å²) < 4.78 is 40.4. The van der Waals surface area contributed by atoms with Crippen LogP contribution in [-0.2, 0) is 11.0 Å². The van der Waals surface area contributed by atoms with Crippen LogP contribution < -0.4 is 4.90 Å². The van der Waals surface area contributed by atoms with E-state index in [0.717, 1.165) is 22.7 Å². The maximum atomic E-state index is 13.0. The number of amides is 2. The molecule has 5 heterocycles. The third-order valence-electron chi connectivity index (χ3n) is 7.14. The number of hydrogen-bond donors (Lipinski definition) is 0. The molecule has 0 aliphatic carbocycles. The van der Waals surface area contributed by atoms with Crippen molar-refractivity contribution < 1.29 is 22.8 Å². The molecule has 1 unspecified atom stereocenters. The van der Waals surface area contributed by atoms with Crippen LogP contribution in [0.4, 0.5) is 18.9 Å². The number of benzene rings is 1. The Morgan fingerprint density at radius 1 is 1.00 bits per heavy atom. The maximum absolute atomic E-state index is 13.0. The summed E-state index contributed by atoms with van der Waals surface area (Å²) in [5.41, 5.74) is 1.17. The predicted molar refractivity (Wildman–Crippen MR) is 136 cm³/mol. The van der Waals surface area contributed by atoms with E-state index in [1.165, 1.54) is 23.6 Å². The molecule has 0 saturated carbocycles. The fourth-order valence-electron chi connectivity index (χ4n) is 5.16. The number of piperazine rings is 1. The van der Waals surface area contributed by atoms with E-state index in [9.17, 15) is 22.8 Å². The van der Waals surface area contributed by atoms with Crippen LogP contribution in [-0.4, -0.2) is 74.9 Å². The molecular weight excluding hydrogens is 517 g/mol. The van der Waals surface area contributed by atoms with E-state index in [4.69, 9.17) is 0 Å². The molecule has 6 rings (SSSR count). The van der Waals surface area contributed by atoms with E-state index >= 15 is 0 Å². The lowest BCUT2D eigenvalue weighted by atomic mass is 10.2. The Morgan fingerprint density at radius 3 is 2.47 bits per heavy atom. The number of pyridine rings is 1. The van der Waals surface area contributed by atoms with Gasteiger partial charge < -0.3 is 14.4 Å². The van der Waals surface area contributed by atoms with Crippen LogP contribution in [0.15, 0.2) is 60.4 Å². The lowest BCUT2D eigenvalue weighted by molar-refractivity contribution is -0.141. The molecule has 8 nitrogen and oxygen atoms in total. The number of nitrogens with zero attached hydrogens (tertiary/aromatic N) is 6. The molecule has 38 heavy (non-hydrogen) atoms. The normalized spacial score (nSPS) is 19.0. The monoisotopic (exact) mass is 540 g/mol. The number of alkyl halides is 3. The van der Waals surface area contributed by atoms with Crippen molar-refractivity contribution in [1.82, 2.24) is 24.3 Å². The summed E-state index contributed by atoms with van der Waals surface area (Å²) in [4.78, 5) is 39.1. The van der Waals surface area contributed by atoms with Crippen molar-refractivity contribution in [3.05, 3.63) is 71.1 Å². The van der Waals surface area contributed by atoms with Gasteiger partial charge in [-0.15, -0.1) is 11.3 Å². The Bertz CT molecular complexity index is 1480. The van der Waals surface area contributed by atoms with Crippen LogP contribution >= 0.6 is 11.3 Å². The maximum Gasteiger partial charge on any atom is 0.433 e. The van der Waals surface area contributed by atoms with Gasteiger partial charge in [0.15, 0.2) is 5.01 Å². The number of aromatic nitrogens is 3. The lowest BCUT2D eigenvalue weighted by Crippen LogP contribution is -2.52. The highest BCUT2D eigenvalue weighted by Crippen LogP contribution is 2.31. The van der Waals surface area contributed by atoms with Crippen LogP contribution in [0.5, 0.6) is 0 Å². The number of rotatable bonds is 4. The van der Waals surface area contributed by atoms with E-state index in [0.29, 0.717) is 49.8 Å². The van der Waals surface area contributed by atoms with Gasteiger partial charge in [-0.05, 0) is 36.4 Å². The van der Waals surface area contributed by atoms with Gasteiger partial charge in [-0.1, -0.05) is 0 Å². The zero-order valence-electron chi connectivity index (χ0n) is 20.1. The van der Waals surface area contributed by atoms with Crippen LogP contribution in [0.25, 0.3) is 16.6 Å². The third kappa shape index (κ3) is 4.54. The fraction of sp³-hybridized carbons (Fsp3) is 0.308. The van der Waals surface area contributed by atoms with Gasteiger partial charge in [0.05, 0.1) is 17.4 Å². The molecule has 2 aliphatic rings. The molecule has 196 valence electrons. The van der Waals surface area contributed by atoms with E-state index < -0.39 is 11.9 Å². The number of fused-ring (bicyclic) bond motifs is 1. The highest BCUT2D eigenvalue weighted by Gasteiger charge is 2.36. The molecule has 1 atom stereocenters. The first kappa shape index (κ1) is 24.6. The summed E-state index contributed by atoms with van der Waals surface area (Å²) in [7, 11) is 0. The Hall–Kier alpha value is -3.77. The summed E-state index contributed by atoms with van der Waals surface area (Å²) in [5, 5.41) is 3.16. The summed E-state index contributed by atoms with van der Waals surface area (Å²) in [6.45, 7) is 3.16. The van der Waals surface area contributed by atoms with Gasteiger partial charge in [0, 0.05) is 74.0 Å². The zero-order valence-corrected chi connectivity index (χ0v) is 21.0. The summed E-state index contributed by atoms with van der Waals surface area (Å²) in [6.07, 6.45) is 0.537. The minimum atomic E-state index is -4.49. The summed E-state index contributed by atoms with van der Waals surface area (Å²) in [5.74, 6) is -0.00176. The highest BCUT2D eigenvalue weighted by molar-refractivity contribution is 7.11. The molecule has 0 spiro atoms. The van der Waals surface area contributed by atoms with E-state index in [1.54, 1.807) is 27.2 Å². The third-order valence-corrected chi connectivity index (χ3v) is 7.90. The highest BCUT2D eigenvalue weighted by atomic mass is 32.1. The average Bonchev–Trinajstić information content (AvgIpc) is 3.68. The number of anilines is 1. The van der Waals surface area contributed by atoms with Crippen LogP contribution in [0.3, 0.4) is 0 Å². The first-order chi connectivity index (χ1) is 18.3. The topological polar surface area (TPSA) is 74.6 Å². The molecular formula is C26H23F3N6O2S. The fourth-order valence-corrected chi connectivity index (χ4v) is 5.76. The van der Waals surface area contributed by atoms with E-state index in [1.807, 2.05) is 29.2 Å². The van der Waals surface area contributed by atoms with Crippen LogP contribution in [0, 0.1) is 0 Å². The zero-order chi connectivity index (χ0) is 26.4. The standard InChI is InChI=1S/C26H23F3N6O2S/c27-26(28,29)22-4-2-19(15-31-22)34-7-5-17-13-18(1-3-21(17)34)35-16-20(14-23(35)36)32-8-10-33(11-9-32)25(37)24-30-6-12-38-24/h1-7,12-13,15,20H,8-11,14,16H2. The minimum Gasteiger partial charge on any atom is -0.334 e. The van der Waals surface area contributed by atoms with Gasteiger partial charge in [-0.2, -0.15) is 13.2 Å². The van der Waals surface area contributed by atoms with Gasteiger partial charge in [-0.3, -0.25) is 14.5 Å². The van der Waals surface area contributed by atoms with Gasteiger partial charge in [0.1, 0.15) is 5.69 Å². The SMILES string of the molecule is O=C(c1nccs1)N1CCN(C2CC(=O)N(c3ccc4c(ccn4-c4ccc(C(F)(F)F)nc4)c3)C2)CC1. The first-order valence-corrected chi connectivity index (χ1v) is 13.0. The van der Waals surface area contributed by atoms with Crippen molar-refractivity contribution in [2.24, 2.45) is 0 Å². The second kappa shape index (κ2) is 9.52. The van der Waals surface area contributed by atoms with Crippen LogP contribution in [0.1, 0.15) is 21.9 Å². The molecule has 0 bridgehead atoms. The van der Waals surface area contributed by atoms with Crippen molar-refractivity contribution >= 4 is 39.7 Å². The van der Waals surface area contributed by atoms with Gasteiger partial charge >= 0.3 is 6.18 Å².